The molecule has 6 rings (SSSR count). The number of aromatic nitrogens is 3. The topological polar surface area (TPSA) is 95.2 Å². The summed E-state index contributed by atoms with van der Waals surface area (Å²) in [5, 5.41) is 17.1. The SMILES string of the molecule is C[C@@]1(CO)Cc2cc(NC(=O)c3cnn4cccnc34)c(N3C[C@H]4C[C@@H]3CN4CC(F)F)cc2O1. The van der Waals surface area contributed by atoms with Crippen LogP contribution in [0, 0.1) is 0 Å². The molecule has 184 valence electrons. The van der Waals surface area contributed by atoms with Crippen molar-refractivity contribution in [2.45, 2.75) is 43.9 Å². The van der Waals surface area contributed by atoms with Crippen LogP contribution in [0.4, 0.5) is 20.2 Å². The molecule has 2 fully saturated rings. The number of ether oxygens (including phenoxy) is 1. The number of hydrogen-bond donors (Lipinski definition) is 2. The largest absolute Gasteiger partial charge is 0.484 e. The van der Waals surface area contributed by atoms with Crippen LogP contribution in [-0.4, -0.2) is 80.9 Å². The van der Waals surface area contributed by atoms with Gasteiger partial charge in [0.1, 0.15) is 16.9 Å². The van der Waals surface area contributed by atoms with Gasteiger partial charge >= 0.3 is 0 Å². The lowest BCUT2D eigenvalue weighted by Gasteiger charge is -2.36. The first-order valence-corrected chi connectivity index (χ1v) is 11.7. The molecule has 2 N–H and O–H groups in total. The maximum atomic E-state index is 13.3. The average molecular weight is 485 g/mol. The predicted molar refractivity (Wildman–Crippen MR) is 124 cm³/mol. The number of rotatable bonds is 6. The molecule has 0 unspecified atom stereocenters. The summed E-state index contributed by atoms with van der Waals surface area (Å²) < 4.78 is 33.6. The van der Waals surface area contributed by atoms with E-state index in [-0.39, 0.29) is 31.1 Å². The van der Waals surface area contributed by atoms with Crippen molar-refractivity contribution in [1.82, 2.24) is 19.5 Å². The molecule has 35 heavy (non-hydrogen) atoms. The van der Waals surface area contributed by atoms with E-state index in [1.807, 2.05) is 24.0 Å². The molecule has 5 heterocycles. The van der Waals surface area contributed by atoms with Crippen molar-refractivity contribution < 1.29 is 23.4 Å². The number of aliphatic hydroxyl groups excluding tert-OH is 1. The first kappa shape index (κ1) is 22.2. The molecule has 1 amide bonds. The van der Waals surface area contributed by atoms with E-state index in [1.165, 1.54) is 10.7 Å². The Hall–Kier alpha value is -3.31. The lowest BCUT2D eigenvalue weighted by molar-refractivity contribution is 0.0447. The highest BCUT2D eigenvalue weighted by Gasteiger charge is 2.45. The van der Waals surface area contributed by atoms with Gasteiger partial charge in [0.2, 0.25) is 0 Å². The molecule has 9 nitrogen and oxygen atoms in total. The summed E-state index contributed by atoms with van der Waals surface area (Å²) in [6.07, 6.45) is 3.75. The van der Waals surface area contributed by atoms with Crippen LogP contribution in [0.1, 0.15) is 29.3 Å². The van der Waals surface area contributed by atoms with Crippen molar-refractivity contribution in [2.75, 3.05) is 36.5 Å². The molecular weight excluding hydrogens is 458 g/mol. The van der Waals surface area contributed by atoms with Crippen LogP contribution in [-0.2, 0) is 6.42 Å². The minimum Gasteiger partial charge on any atom is -0.484 e. The van der Waals surface area contributed by atoms with Crippen LogP contribution in [0.3, 0.4) is 0 Å². The maximum Gasteiger partial charge on any atom is 0.261 e. The van der Waals surface area contributed by atoms with Crippen LogP contribution in [0.5, 0.6) is 5.75 Å². The molecule has 2 saturated heterocycles. The van der Waals surface area contributed by atoms with Crippen LogP contribution in [0.25, 0.3) is 5.65 Å². The number of nitrogens with zero attached hydrogens (tertiary/aromatic N) is 5. The fourth-order valence-corrected chi connectivity index (χ4v) is 5.60. The molecule has 0 aliphatic carbocycles. The first-order valence-electron chi connectivity index (χ1n) is 11.7. The molecule has 3 aromatic rings. The number of piperazine rings is 1. The number of carbonyl (C=O) groups is 1. The molecule has 0 saturated carbocycles. The van der Waals surface area contributed by atoms with Crippen LogP contribution in [0.2, 0.25) is 0 Å². The summed E-state index contributed by atoms with van der Waals surface area (Å²) in [5.41, 5.74) is 2.36. The third-order valence-corrected chi connectivity index (χ3v) is 7.24. The zero-order chi connectivity index (χ0) is 24.3. The number of fused-ring (bicyclic) bond motifs is 4. The second-order valence-corrected chi connectivity index (χ2v) is 9.80. The number of nitrogens with one attached hydrogen (secondary N) is 1. The third-order valence-electron chi connectivity index (χ3n) is 7.24. The van der Waals surface area contributed by atoms with Crippen molar-refractivity contribution >= 4 is 22.9 Å². The van der Waals surface area contributed by atoms with Crippen molar-refractivity contribution in [1.29, 1.82) is 0 Å². The first-order chi connectivity index (χ1) is 16.8. The number of halogens is 2. The van der Waals surface area contributed by atoms with Crippen LogP contribution >= 0.6 is 0 Å². The number of carbonyl (C=O) groups excluding carboxylic acids is 1. The number of anilines is 2. The van der Waals surface area contributed by atoms with Gasteiger partial charge < -0.3 is 20.1 Å². The van der Waals surface area contributed by atoms with Crippen molar-refractivity contribution in [2.24, 2.45) is 0 Å². The predicted octanol–water partition coefficient (Wildman–Crippen LogP) is 2.20. The number of alkyl halides is 2. The van der Waals surface area contributed by atoms with Gasteiger partial charge in [0.15, 0.2) is 5.65 Å². The maximum absolute atomic E-state index is 13.3. The van der Waals surface area contributed by atoms with E-state index >= 15 is 0 Å². The second kappa shape index (κ2) is 8.13. The van der Waals surface area contributed by atoms with Gasteiger partial charge in [-0.25, -0.2) is 18.3 Å². The molecule has 3 atom stereocenters. The molecule has 2 aromatic heterocycles. The van der Waals surface area contributed by atoms with Gasteiger partial charge in [-0.3, -0.25) is 9.69 Å². The van der Waals surface area contributed by atoms with E-state index in [0.717, 1.165) is 17.7 Å². The second-order valence-electron chi connectivity index (χ2n) is 9.80. The Kier molecular flexibility index (Phi) is 5.15. The Balaban J connectivity index is 1.33. The zero-order valence-corrected chi connectivity index (χ0v) is 19.2. The molecule has 11 heteroatoms. The summed E-state index contributed by atoms with van der Waals surface area (Å²) in [6, 6.07) is 5.64. The fraction of sp³-hybridized carbons (Fsp3) is 0.458. The Morgan fingerprint density at radius 2 is 2.20 bits per heavy atom. The van der Waals surface area contributed by atoms with Gasteiger partial charge in [-0.05, 0) is 25.5 Å². The molecule has 2 bridgehead atoms. The molecule has 1 aromatic carbocycles. The highest BCUT2D eigenvalue weighted by molar-refractivity contribution is 6.09. The highest BCUT2D eigenvalue weighted by Crippen LogP contribution is 2.45. The van der Waals surface area contributed by atoms with E-state index in [9.17, 15) is 18.7 Å². The minimum atomic E-state index is -2.36. The van der Waals surface area contributed by atoms with E-state index in [0.29, 0.717) is 42.2 Å². The van der Waals surface area contributed by atoms with E-state index in [4.69, 9.17) is 4.74 Å². The van der Waals surface area contributed by atoms with Gasteiger partial charge in [-0.2, -0.15) is 5.10 Å². The zero-order valence-electron chi connectivity index (χ0n) is 19.2. The number of likely N-dealkylation sites (tertiary alicyclic amines) is 1. The number of hydrogen-bond acceptors (Lipinski definition) is 7. The molecule has 0 radical (unpaired) electrons. The van der Waals surface area contributed by atoms with E-state index in [1.54, 1.807) is 18.5 Å². The molecule has 0 spiro atoms. The van der Waals surface area contributed by atoms with E-state index in [2.05, 4.69) is 20.3 Å². The number of amides is 1. The Morgan fingerprint density at radius 1 is 1.34 bits per heavy atom. The summed E-state index contributed by atoms with van der Waals surface area (Å²) in [4.78, 5) is 21.6. The van der Waals surface area contributed by atoms with Crippen LogP contribution in [0.15, 0.2) is 36.8 Å². The Labute approximate surface area is 200 Å². The standard InChI is InChI=1S/C24H26F2N6O3/c1-24(13-33)8-14-5-18(29-23(34)17-9-28-32-4-2-3-27-22(17)32)19(7-20(14)35-24)31-11-15-6-16(31)10-30(15)12-21(25)26/h2-5,7,9,15-16,21,33H,6,8,10-13H2,1H3,(H,29,34)/t15-,16-,24+/m1/s1. The normalized spacial score (nSPS) is 25.5. The summed E-state index contributed by atoms with van der Waals surface area (Å²) in [5.74, 6) is 0.326. The average Bonchev–Trinajstić information content (AvgIpc) is 3.59. The quantitative estimate of drug-likeness (QED) is 0.554. The van der Waals surface area contributed by atoms with Crippen molar-refractivity contribution in [3.8, 4) is 5.75 Å². The summed E-state index contributed by atoms with van der Waals surface area (Å²) in [7, 11) is 0. The lowest BCUT2D eigenvalue weighted by Crippen LogP contribution is -2.48. The summed E-state index contributed by atoms with van der Waals surface area (Å²) >= 11 is 0. The van der Waals surface area contributed by atoms with Gasteiger partial charge in [-0.1, -0.05) is 0 Å². The smallest absolute Gasteiger partial charge is 0.261 e. The lowest BCUT2D eigenvalue weighted by atomic mass is 9.99. The van der Waals surface area contributed by atoms with E-state index < -0.39 is 12.0 Å². The fourth-order valence-electron chi connectivity index (χ4n) is 5.60. The van der Waals surface area contributed by atoms with Crippen LogP contribution < -0.4 is 15.0 Å². The van der Waals surface area contributed by atoms with Crippen molar-refractivity contribution in [3.05, 3.63) is 47.9 Å². The van der Waals surface area contributed by atoms with Crippen molar-refractivity contribution in [3.63, 3.8) is 0 Å². The molecule has 3 aliphatic rings. The Morgan fingerprint density at radius 3 is 2.94 bits per heavy atom. The van der Waals surface area contributed by atoms with Gasteiger partial charge in [0.05, 0.1) is 30.7 Å². The minimum absolute atomic E-state index is 0.0400. The van der Waals surface area contributed by atoms with Gasteiger partial charge in [-0.15, -0.1) is 0 Å². The summed E-state index contributed by atoms with van der Waals surface area (Å²) in [6.45, 7) is 2.63. The molecule has 3 aliphatic heterocycles. The number of aliphatic hydroxyl groups is 1. The van der Waals surface area contributed by atoms with Gasteiger partial charge in [0, 0.05) is 55.6 Å². The monoisotopic (exact) mass is 484 g/mol. The third kappa shape index (κ3) is 3.79. The Bertz CT molecular complexity index is 1300. The van der Waals surface area contributed by atoms with Gasteiger partial charge in [0.25, 0.3) is 12.3 Å². The number of benzene rings is 1. The highest BCUT2D eigenvalue weighted by atomic mass is 19.3. The molecular formula is C24H26F2N6O3.